The molecule has 0 bridgehead atoms. The molecule has 2 aliphatic heterocycles. The van der Waals surface area contributed by atoms with Crippen molar-refractivity contribution in [3.63, 3.8) is 0 Å². The topological polar surface area (TPSA) is 72.8 Å². The van der Waals surface area contributed by atoms with E-state index in [0.29, 0.717) is 11.1 Å². The molecule has 2 fully saturated rings. The molecule has 0 spiro atoms. The summed E-state index contributed by atoms with van der Waals surface area (Å²) in [7, 11) is 0. The molecule has 0 radical (unpaired) electrons. The minimum Gasteiger partial charge on any atom is -0.454 e. The summed E-state index contributed by atoms with van der Waals surface area (Å²) < 4.78 is 10.7. The standard InChI is InChI=1S/C18H14O5/c19-16-13-14(11-7-3-1-4-8-11)22-17(20)18(13,21)15(23-16)12-9-5-2-6-10-12/h1-10,13-15,21H/t13-,14-,15+,18+/m0/s1. The van der Waals surface area contributed by atoms with Gasteiger partial charge in [-0.25, -0.2) is 4.79 Å². The molecular formula is C18H14O5. The number of ether oxygens (including phenoxy) is 2. The number of aliphatic hydroxyl groups is 1. The Kier molecular flexibility index (Phi) is 2.99. The van der Waals surface area contributed by atoms with Crippen molar-refractivity contribution in [1.29, 1.82) is 0 Å². The van der Waals surface area contributed by atoms with Gasteiger partial charge in [-0.2, -0.15) is 0 Å². The van der Waals surface area contributed by atoms with Gasteiger partial charge in [0.15, 0.2) is 6.10 Å². The van der Waals surface area contributed by atoms with Gasteiger partial charge in [0.25, 0.3) is 0 Å². The van der Waals surface area contributed by atoms with E-state index in [-0.39, 0.29) is 0 Å². The molecule has 5 heteroatoms. The molecule has 2 heterocycles. The van der Waals surface area contributed by atoms with Crippen molar-refractivity contribution >= 4 is 11.9 Å². The Morgan fingerprint density at radius 3 is 2.00 bits per heavy atom. The van der Waals surface area contributed by atoms with Crippen LogP contribution in [0.5, 0.6) is 0 Å². The maximum atomic E-state index is 12.4. The van der Waals surface area contributed by atoms with Gasteiger partial charge < -0.3 is 14.6 Å². The fraction of sp³-hybridized carbons (Fsp3) is 0.222. The number of rotatable bonds is 2. The number of cyclic esters (lactones) is 2. The van der Waals surface area contributed by atoms with Crippen LogP contribution in [0.3, 0.4) is 0 Å². The van der Waals surface area contributed by atoms with Crippen molar-refractivity contribution < 1.29 is 24.2 Å². The second-order valence-electron chi connectivity index (χ2n) is 5.77. The summed E-state index contributed by atoms with van der Waals surface area (Å²) in [6.45, 7) is 0. The van der Waals surface area contributed by atoms with E-state index in [1.807, 2.05) is 12.1 Å². The first-order chi connectivity index (χ1) is 11.1. The summed E-state index contributed by atoms with van der Waals surface area (Å²) in [4.78, 5) is 24.7. The van der Waals surface area contributed by atoms with Crippen LogP contribution < -0.4 is 0 Å². The van der Waals surface area contributed by atoms with Crippen LogP contribution in [0, 0.1) is 5.92 Å². The molecule has 4 rings (SSSR count). The monoisotopic (exact) mass is 310 g/mol. The molecule has 0 aromatic heterocycles. The van der Waals surface area contributed by atoms with Crippen LogP contribution in [0.25, 0.3) is 0 Å². The molecule has 1 N–H and O–H groups in total. The number of carbonyl (C=O) groups is 2. The lowest BCUT2D eigenvalue weighted by Crippen LogP contribution is -2.43. The van der Waals surface area contributed by atoms with E-state index in [1.54, 1.807) is 48.5 Å². The highest BCUT2D eigenvalue weighted by atomic mass is 16.6. The Hall–Kier alpha value is -2.66. The molecule has 116 valence electrons. The predicted octanol–water partition coefficient (Wildman–Crippen LogP) is 1.93. The molecule has 0 saturated carbocycles. The first-order valence-corrected chi connectivity index (χ1v) is 7.36. The molecule has 5 nitrogen and oxygen atoms in total. The van der Waals surface area contributed by atoms with E-state index in [1.165, 1.54) is 0 Å². The molecule has 0 amide bonds. The van der Waals surface area contributed by atoms with E-state index in [0.717, 1.165) is 0 Å². The summed E-state index contributed by atoms with van der Waals surface area (Å²) in [6, 6.07) is 17.7. The summed E-state index contributed by atoms with van der Waals surface area (Å²) in [5.41, 5.74) is -0.775. The van der Waals surface area contributed by atoms with Gasteiger partial charge in [-0.05, 0) is 11.1 Å². The Labute approximate surface area is 132 Å². The Balaban J connectivity index is 1.79. The van der Waals surface area contributed by atoms with Crippen molar-refractivity contribution in [3.05, 3.63) is 71.8 Å². The Bertz CT molecular complexity index is 757. The van der Waals surface area contributed by atoms with Crippen molar-refractivity contribution in [2.24, 2.45) is 5.92 Å². The molecule has 0 unspecified atom stereocenters. The maximum Gasteiger partial charge on any atom is 0.344 e. The lowest BCUT2D eigenvalue weighted by Gasteiger charge is -2.22. The fourth-order valence-corrected chi connectivity index (χ4v) is 3.34. The van der Waals surface area contributed by atoms with Crippen LogP contribution in [0.1, 0.15) is 23.3 Å². The number of hydrogen-bond acceptors (Lipinski definition) is 5. The van der Waals surface area contributed by atoms with Crippen LogP contribution in [-0.2, 0) is 19.1 Å². The van der Waals surface area contributed by atoms with Gasteiger partial charge in [-0.3, -0.25) is 4.79 Å². The van der Waals surface area contributed by atoms with Gasteiger partial charge in [0, 0.05) is 0 Å². The number of carbonyl (C=O) groups excluding carboxylic acids is 2. The van der Waals surface area contributed by atoms with E-state index in [4.69, 9.17) is 9.47 Å². The predicted molar refractivity (Wildman–Crippen MR) is 79.0 cm³/mol. The SMILES string of the molecule is O=C1O[C@H](c2ccccc2)[C@@]2(O)C(=O)O[C@@H](c3ccccc3)[C@@H]12. The molecule has 23 heavy (non-hydrogen) atoms. The second kappa shape index (κ2) is 4.93. The van der Waals surface area contributed by atoms with Crippen LogP contribution in [0.2, 0.25) is 0 Å². The highest BCUT2D eigenvalue weighted by Crippen LogP contribution is 2.54. The zero-order valence-corrected chi connectivity index (χ0v) is 12.1. The van der Waals surface area contributed by atoms with Crippen LogP contribution in [-0.4, -0.2) is 22.6 Å². The summed E-state index contributed by atoms with van der Waals surface area (Å²) in [5, 5.41) is 11.0. The highest BCUT2D eigenvalue weighted by molar-refractivity contribution is 5.95. The van der Waals surface area contributed by atoms with E-state index >= 15 is 0 Å². The third-order valence-electron chi connectivity index (χ3n) is 4.46. The highest BCUT2D eigenvalue weighted by Gasteiger charge is 2.70. The van der Waals surface area contributed by atoms with Gasteiger partial charge >= 0.3 is 11.9 Å². The molecule has 4 atom stereocenters. The third kappa shape index (κ3) is 1.90. The lowest BCUT2D eigenvalue weighted by molar-refractivity contribution is -0.165. The first-order valence-electron chi connectivity index (χ1n) is 7.36. The summed E-state index contributed by atoms with van der Waals surface area (Å²) in [5.74, 6) is -2.51. The summed E-state index contributed by atoms with van der Waals surface area (Å²) >= 11 is 0. The Morgan fingerprint density at radius 1 is 0.826 bits per heavy atom. The molecule has 2 saturated heterocycles. The second-order valence-corrected chi connectivity index (χ2v) is 5.77. The van der Waals surface area contributed by atoms with Gasteiger partial charge in [0.1, 0.15) is 12.0 Å². The first kappa shape index (κ1) is 14.0. The minimum absolute atomic E-state index is 0.566. The number of fused-ring (bicyclic) bond motifs is 1. The van der Waals surface area contributed by atoms with Crippen LogP contribution in [0.15, 0.2) is 60.7 Å². The number of esters is 2. The zero-order valence-electron chi connectivity index (χ0n) is 12.1. The zero-order chi connectivity index (χ0) is 16.0. The quantitative estimate of drug-likeness (QED) is 0.858. The van der Waals surface area contributed by atoms with Crippen molar-refractivity contribution in [3.8, 4) is 0 Å². The lowest BCUT2D eigenvalue weighted by atomic mass is 9.80. The average molecular weight is 310 g/mol. The normalized spacial score (nSPS) is 32.3. The molecular weight excluding hydrogens is 296 g/mol. The van der Waals surface area contributed by atoms with Crippen LogP contribution >= 0.6 is 0 Å². The van der Waals surface area contributed by atoms with Gasteiger partial charge in [0.2, 0.25) is 5.60 Å². The molecule has 2 aliphatic rings. The summed E-state index contributed by atoms with van der Waals surface area (Å²) in [6.07, 6.45) is -1.89. The van der Waals surface area contributed by atoms with Gasteiger partial charge in [-0.15, -0.1) is 0 Å². The van der Waals surface area contributed by atoms with E-state index in [9.17, 15) is 14.7 Å². The third-order valence-corrected chi connectivity index (χ3v) is 4.46. The maximum absolute atomic E-state index is 12.4. The van der Waals surface area contributed by atoms with E-state index in [2.05, 4.69) is 0 Å². The Morgan fingerprint density at radius 2 is 1.39 bits per heavy atom. The minimum atomic E-state index is -2.00. The largest absolute Gasteiger partial charge is 0.454 e. The number of benzene rings is 2. The van der Waals surface area contributed by atoms with Crippen molar-refractivity contribution in [1.82, 2.24) is 0 Å². The van der Waals surface area contributed by atoms with E-state index < -0.39 is 35.7 Å². The van der Waals surface area contributed by atoms with Gasteiger partial charge in [-0.1, -0.05) is 60.7 Å². The van der Waals surface area contributed by atoms with Crippen molar-refractivity contribution in [2.75, 3.05) is 0 Å². The average Bonchev–Trinajstić information content (AvgIpc) is 3.01. The van der Waals surface area contributed by atoms with Crippen LogP contribution in [0.4, 0.5) is 0 Å². The smallest absolute Gasteiger partial charge is 0.344 e. The molecule has 2 aromatic carbocycles. The fourth-order valence-electron chi connectivity index (χ4n) is 3.34. The molecule has 2 aromatic rings. The number of hydrogen-bond donors (Lipinski definition) is 1. The van der Waals surface area contributed by atoms with Gasteiger partial charge in [0.05, 0.1) is 0 Å². The molecule has 0 aliphatic carbocycles. The van der Waals surface area contributed by atoms with Crippen molar-refractivity contribution in [2.45, 2.75) is 17.8 Å².